The van der Waals surface area contributed by atoms with Crippen LogP contribution in [0.3, 0.4) is 0 Å². The third-order valence-electron chi connectivity index (χ3n) is 6.12. The topological polar surface area (TPSA) is 61.4 Å². The van der Waals surface area contributed by atoms with Gasteiger partial charge in [0.25, 0.3) is 5.91 Å². The molecule has 1 saturated heterocycles. The van der Waals surface area contributed by atoms with E-state index in [2.05, 4.69) is 26.2 Å². The predicted molar refractivity (Wildman–Crippen MR) is 153 cm³/mol. The van der Waals surface area contributed by atoms with Crippen molar-refractivity contribution in [3.8, 4) is 0 Å². The van der Waals surface area contributed by atoms with Crippen molar-refractivity contribution in [2.75, 3.05) is 41.3 Å². The van der Waals surface area contributed by atoms with Gasteiger partial charge in [-0.25, -0.2) is 14.4 Å². The Labute approximate surface area is 234 Å². The zero-order valence-electron chi connectivity index (χ0n) is 20.3. The quantitative estimate of drug-likeness (QED) is 0.151. The highest BCUT2D eigenvalue weighted by Gasteiger charge is 2.20. The monoisotopic (exact) mass is 567 g/mol. The lowest BCUT2D eigenvalue weighted by Gasteiger charge is -2.36. The number of carbonyl (C=O) groups excluding carboxylic acids is 1. The number of thioether (sulfide) groups is 1. The number of anilines is 3. The van der Waals surface area contributed by atoms with Gasteiger partial charge < -0.3 is 15.1 Å². The molecule has 1 fully saturated rings. The average molecular weight is 569 g/mol. The summed E-state index contributed by atoms with van der Waals surface area (Å²) < 4.78 is 13.1. The van der Waals surface area contributed by atoms with Gasteiger partial charge in [-0.3, -0.25) is 4.79 Å². The van der Waals surface area contributed by atoms with Crippen molar-refractivity contribution in [2.45, 2.75) is 10.9 Å². The molecule has 4 aromatic rings. The first-order valence-corrected chi connectivity index (χ1v) is 13.8. The lowest BCUT2D eigenvalue weighted by molar-refractivity contribution is 0.102. The van der Waals surface area contributed by atoms with Crippen molar-refractivity contribution in [3.63, 3.8) is 0 Å². The summed E-state index contributed by atoms with van der Waals surface area (Å²) in [5, 5.41) is 4.50. The molecule has 1 amide bonds. The molecule has 0 radical (unpaired) electrons. The smallest absolute Gasteiger partial charge is 0.255 e. The van der Waals surface area contributed by atoms with Crippen LogP contribution in [-0.4, -0.2) is 42.1 Å². The minimum Gasteiger partial charge on any atom is -0.368 e. The van der Waals surface area contributed by atoms with E-state index in [1.54, 1.807) is 18.2 Å². The molecule has 0 unspecified atom stereocenters. The maximum absolute atomic E-state index is 13.1. The second-order valence-corrected chi connectivity index (χ2v) is 10.5. The summed E-state index contributed by atoms with van der Waals surface area (Å²) >= 11 is 14.0. The number of piperazine rings is 1. The molecule has 10 heteroatoms. The molecule has 0 saturated carbocycles. The molecule has 194 valence electrons. The second kappa shape index (κ2) is 12.0. The van der Waals surface area contributed by atoms with Crippen molar-refractivity contribution in [3.05, 3.63) is 106 Å². The minimum absolute atomic E-state index is 0.255. The van der Waals surface area contributed by atoms with E-state index >= 15 is 0 Å². The van der Waals surface area contributed by atoms with Gasteiger partial charge in [-0.15, -0.1) is 0 Å². The molecule has 6 nitrogen and oxygen atoms in total. The third kappa shape index (κ3) is 6.75. The largest absolute Gasteiger partial charge is 0.368 e. The van der Waals surface area contributed by atoms with Gasteiger partial charge in [0.2, 0.25) is 0 Å². The van der Waals surface area contributed by atoms with Gasteiger partial charge in [-0.1, -0.05) is 53.2 Å². The maximum atomic E-state index is 13.1. The van der Waals surface area contributed by atoms with E-state index in [9.17, 15) is 9.18 Å². The fourth-order valence-electron chi connectivity index (χ4n) is 4.12. The van der Waals surface area contributed by atoms with Crippen LogP contribution in [0, 0.1) is 5.82 Å². The summed E-state index contributed by atoms with van der Waals surface area (Å²) in [5.41, 5.74) is 3.19. The van der Waals surface area contributed by atoms with Crippen LogP contribution in [0.4, 0.5) is 21.6 Å². The Morgan fingerprint density at radius 2 is 1.61 bits per heavy atom. The zero-order valence-corrected chi connectivity index (χ0v) is 22.6. The molecule has 0 atom stereocenters. The number of hydrogen-bond donors (Lipinski definition) is 1. The molecule has 38 heavy (non-hydrogen) atoms. The van der Waals surface area contributed by atoms with Crippen molar-refractivity contribution < 1.29 is 9.18 Å². The van der Waals surface area contributed by atoms with Crippen molar-refractivity contribution in [2.24, 2.45) is 0 Å². The Bertz CT molecular complexity index is 1410. The van der Waals surface area contributed by atoms with Gasteiger partial charge in [0, 0.05) is 60.0 Å². The van der Waals surface area contributed by atoms with Crippen LogP contribution < -0.4 is 15.1 Å². The molecule has 1 aromatic heterocycles. The summed E-state index contributed by atoms with van der Waals surface area (Å²) in [7, 11) is 0. The van der Waals surface area contributed by atoms with Crippen LogP contribution in [0.15, 0.2) is 84.0 Å². The lowest BCUT2D eigenvalue weighted by atomic mass is 10.1. The average Bonchev–Trinajstić information content (AvgIpc) is 2.93. The van der Waals surface area contributed by atoms with Crippen LogP contribution >= 0.6 is 35.0 Å². The Kier molecular flexibility index (Phi) is 8.32. The molecule has 1 N–H and O–H groups in total. The number of hydrogen-bond acceptors (Lipinski definition) is 6. The highest BCUT2D eigenvalue weighted by molar-refractivity contribution is 7.98. The zero-order chi connectivity index (χ0) is 26.5. The van der Waals surface area contributed by atoms with Gasteiger partial charge in [0.1, 0.15) is 16.8 Å². The van der Waals surface area contributed by atoms with Crippen molar-refractivity contribution >= 4 is 58.1 Å². The van der Waals surface area contributed by atoms with E-state index in [4.69, 9.17) is 28.2 Å². The van der Waals surface area contributed by atoms with E-state index in [0.717, 1.165) is 48.3 Å². The van der Waals surface area contributed by atoms with Crippen LogP contribution in [0.5, 0.6) is 0 Å². The summed E-state index contributed by atoms with van der Waals surface area (Å²) in [4.78, 5) is 26.1. The summed E-state index contributed by atoms with van der Waals surface area (Å²) in [6.07, 6.45) is 0. The minimum atomic E-state index is -0.350. The Balaban J connectivity index is 1.17. The number of amides is 1. The van der Waals surface area contributed by atoms with Crippen LogP contribution in [-0.2, 0) is 5.75 Å². The summed E-state index contributed by atoms with van der Waals surface area (Å²) in [6, 6.07) is 22.7. The third-order valence-corrected chi connectivity index (χ3v) is 7.47. The van der Waals surface area contributed by atoms with E-state index < -0.39 is 0 Å². The van der Waals surface area contributed by atoms with E-state index in [-0.39, 0.29) is 11.7 Å². The molecular formula is C28H24Cl2FN5OS. The van der Waals surface area contributed by atoms with Gasteiger partial charge in [-0.2, -0.15) is 0 Å². The Morgan fingerprint density at radius 3 is 2.32 bits per heavy atom. The maximum Gasteiger partial charge on any atom is 0.255 e. The summed E-state index contributed by atoms with van der Waals surface area (Å²) in [6.45, 7) is 3.33. The fraction of sp³-hybridized carbons (Fsp3) is 0.179. The number of carbonyl (C=O) groups is 1. The highest BCUT2D eigenvalue weighted by atomic mass is 35.5. The first-order valence-electron chi connectivity index (χ1n) is 12.0. The highest BCUT2D eigenvalue weighted by Crippen LogP contribution is 2.27. The number of aromatic nitrogens is 2. The van der Waals surface area contributed by atoms with Gasteiger partial charge in [0.05, 0.1) is 0 Å². The van der Waals surface area contributed by atoms with Crippen molar-refractivity contribution in [1.82, 2.24) is 9.97 Å². The number of halogens is 3. The molecule has 3 aromatic carbocycles. The Morgan fingerprint density at radius 1 is 0.895 bits per heavy atom. The van der Waals surface area contributed by atoms with E-state index in [0.29, 0.717) is 27.3 Å². The first-order chi connectivity index (χ1) is 18.4. The lowest BCUT2D eigenvalue weighted by Crippen LogP contribution is -2.46. The first kappa shape index (κ1) is 26.3. The molecule has 0 spiro atoms. The summed E-state index contributed by atoms with van der Waals surface area (Å²) in [5.74, 6) is 0.833. The van der Waals surface area contributed by atoms with Gasteiger partial charge in [-0.05, 0) is 60.2 Å². The number of benzene rings is 3. The number of rotatable bonds is 7. The van der Waals surface area contributed by atoms with E-state index in [1.165, 1.54) is 36.0 Å². The molecule has 2 heterocycles. The molecule has 0 bridgehead atoms. The van der Waals surface area contributed by atoms with E-state index in [1.807, 2.05) is 30.3 Å². The number of nitrogens with zero attached hydrogens (tertiary/aromatic N) is 4. The fourth-order valence-corrected chi connectivity index (χ4v) is 5.34. The molecule has 1 aliphatic rings. The Hall–Kier alpha value is -3.33. The molecule has 5 rings (SSSR count). The normalized spacial score (nSPS) is 13.4. The number of nitrogens with one attached hydrogen (secondary N) is 1. The van der Waals surface area contributed by atoms with Crippen LogP contribution in [0.2, 0.25) is 10.2 Å². The molecule has 1 aliphatic heterocycles. The van der Waals surface area contributed by atoms with Crippen LogP contribution in [0.25, 0.3) is 0 Å². The van der Waals surface area contributed by atoms with Crippen molar-refractivity contribution in [1.29, 1.82) is 0 Å². The van der Waals surface area contributed by atoms with Gasteiger partial charge in [0.15, 0.2) is 5.16 Å². The SMILES string of the molecule is O=C(Nc1ccc(F)cc1)c1ccc(CSc2nc(Cl)cc(N3CCN(c4cccc(Cl)c4)CC3)n2)cc1. The molecule has 0 aliphatic carbocycles. The second-order valence-electron chi connectivity index (χ2n) is 8.73. The van der Waals surface area contributed by atoms with Gasteiger partial charge >= 0.3 is 0 Å². The predicted octanol–water partition coefficient (Wildman–Crippen LogP) is 6.79. The molecular weight excluding hydrogens is 544 g/mol. The van der Waals surface area contributed by atoms with Crippen LogP contribution in [0.1, 0.15) is 15.9 Å². The standard InChI is InChI=1S/C28H24Cl2FN5OS/c29-21-2-1-3-24(16-21)35-12-14-36(15-13-35)26-17-25(30)33-28(34-26)38-18-19-4-6-20(7-5-19)27(37)32-23-10-8-22(31)9-11-23/h1-11,16-17H,12-15,18H2,(H,32,37).